The largest absolute Gasteiger partial charge is 0.480 e. The van der Waals surface area contributed by atoms with Crippen LogP contribution >= 0.6 is 11.6 Å². The number of methoxy groups -OCH3 is 1. The van der Waals surface area contributed by atoms with Crippen LogP contribution in [0.3, 0.4) is 0 Å². The van der Waals surface area contributed by atoms with Crippen LogP contribution in [0.4, 0.5) is 0 Å². The van der Waals surface area contributed by atoms with E-state index in [2.05, 4.69) is 9.97 Å². The Balaban J connectivity index is 2.33. The molecule has 0 saturated heterocycles. The fourth-order valence-electron chi connectivity index (χ4n) is 2.11. The molecule has 1 aromatic heterocycles. The molecule has 2 aromatic carbocycles. The van der Waals surface area contributed by atoms with Gasteiger partial charge in [0, 0.05) is 5.56 Å². The number of fused-ring (bicyclic) bond motifs is 1. The second kappa shape index (κ2) is 5.10. The molecule has 0 aliphatic carbocycles. The molecule has 0 amide bonds. The number of ether oxygens (including phenoxy) is 1. The third-order valence-corrected chi connectivity index (χ3v) is 3.67. The summed E-state index contributed by atoms with van der Waals surface area (Å²) in [5.41, 5.74) is 2.64. The Morgan fingerprint density at radius 3 is 2.45 bits per heavy atom. The van der Waals surface area contributed by atoms with Gasteiger partial charge in [-0.05, 0) is 18.6 Å². The summed E-state index contributed by atoms with van der Waals surface area (Å²) in [5.74, 6) is 1.15. The van der Waals surface area contributed by atoms with Gasteiger partial charge < -0.3 is 4.74 Å². The number of hydrogen-bond donors (Lipinski definition) is 0. The molecule has 0 bridgehead atoms. The summed E-state index contributed by atoms with van der Waals surface area (Å²) in [4.78, 5) is 9.06. The van der Waals surface area contributed by atoms with Crippen molar-refractivity contribution in [1.29, 1.82) is 0 Å². The molecule has 0 N–H and O–H groups in total. The van der Waals surface area contributed by atoms with Crippen LogP contribution in [0, 0.1) is 6.92 Å². The van der Waals surface area contributed by atoms with Crippen LogP contribution in [0.25, 0.3) is 22.3 Å². The maximum absolute atomic E-state index is 6.37. The third kappa shape index (κ3) is 2.10. The number of hydrogen-bond acceptors (Lipinski definition) is 3. The van der Waals surface area contributed by atoms with E-state index >= 15 is 0 Å². The predicted molar refractivity (Wildman–Crippen MR) is 81.3 cm³/mol. The van der Waals surface area contributed by atoms with E-state index in [1.54, 1.807) is 7.11 Å². The average molecular weight is 285 g/mol. The first kappa shape index (κ1) is 12.9. The molecule has 3 aromatic rings. The van der Waals surface area contributed by atoms with Gasteiger partial charge in [-0.2, -0.15) is 4.98 Å². The van der Waals surface area contributed by atoms with E-state index in [4.69, 9.17) is 16.3 Å². The molecule has 0 aliphatic rings. The van der Waals surface area contributed by atoms with Crippen LogP contribution < -0.4 is 4.74 Å². The molecule has 0 atom stereocenters. The number of halogens is 1. The van der Waals surface area contributed by atoms with Crippen LogP contribution in [-0.2, 0) is 0 Å². The molecule has 0 saturated carbocycles. The van der Waals surface area contributed by atoms with Crippen LogP contribution in [0.5, 0.6) is 5.88 Å². The van der Waals surface area contributed by atoms with Crippen molar-refractivity contribution in [2.75, 3.05) is 7.11 Å². The summed E-state index contributed by atoms with van der Waals surface area (Å²) < 4.78 is 5.37. The van der Waals surface area contributed by atoms with E-state index in [1.165, 1.54) is 0 Å². The van der Waals surface area contributed by atoms with Crippen molar-refractivity contribution in [3.8, 4) is 17.3 Å². The van der Waals surface area contributed by atoms with Crippen LogP contribution in [-0.4, -0.2) is 17.1 Å². The third-order valence-electron chi connectivity index (χ3n) is 3.19. The highest BCUT2D eigenvalue weighted by Crippen LogP contribution is 2.32. The van der Waals surface area contributed by atoms with Gasteiger partial charge in [-0.25, -0.2) is 4.98 Å². The summed E-state index contributed by atoms with van der Waals surface area (Å²) in [6.45, 7) is 1.96. The molecular weight excluding hydrogens is 272 g/mol. The van der Waals surface area contributed by atoms with Crippen molar-refractivity contribution in [2.45, 2.75) is 6.92 Å². The summed E-state index contributed by atoms with van der Waals surface area (Å²) in [5, 5.41) is 1.46. The molecule has 0 spiro atoms. The molecule has 0 fully saturated rings. The monoisotopic (exact) mass is 284 g/mol. The molecule has 20 heavy (non-hydrogen) atoms. The molecule has 0 unspecified atom stereocenters. The fraction of sp³-hybridized carbons (Fsp3) is 0.125. The standard InChI is InChI=1S/C16H13ClN2O/c1-10-8-9-12-14(13(10)17)18-15(19-16(12)20-2)11-6-4-3-5-7-11/h3-9H,1-2H3. The van der Waals surface area contributed by atoms with E-state index in [-0.39, 0.29) is 0 Å². The number of benzene rings is 2. The second-order valence-corrected chi connectivity index (χ2v) is 4.89. The zero-order valence-electron chi connectivity index (χ0n) is 11.2. The molecular formula is C16H13ClN2O. The smallest absolute Gasteiger partial charge is 0.224 e. The molecule has 0 aliphatic heterocycles. The summed E-state index contributed by atoms with van der Waals surface area (Å²) in [6, 6.07) is 13.7. The molecule has 1 heterocycles. The second-order valence-electron chi connectivity index (χ2n) is 4.52. The Bertz CT molecular complexity index is 772. The van der Waals surface area contributed by atoms with E-state index in [0.29, 0.717) is 16.7 Å². The van der Waals surface area contributed by atoms with E-state index in [9.17, 15) is 0 Å². The maximum atomic E-state index is 6.37. The SMILES string of the molecule is COc1nc(-c2ccccc2)nc2c(Cl)c(C)ccc12. The van der Waals surface area contributed by atoms with Gasteiger partial charge in [-0.1, -0.05) is 48.0 Å². The van der Waals surface area contributed by atoms with Gasteiger partial charge >= 0.3 is 0 Å². The van der Waals surface area contributed by atoms with Gasteiger partial charge in [0.05, 0.1) is 23.0 Å². The van der Waals surface area contributed by atoms with Crippen molar-refractivity contribution < 1.29 is 4.74 Å². The summed E-state index contributed by atoms with van der Waals surface area (Å²) in [6.07, 6.45) is 0. The van der Waals surface area contributed by atoms with Gasteiger partial charge in [0.2, 0.25) is 5.88 Å². The van der Waals surface area contributed by atoms with Gasteiger partial charge in [0.1, 0.15) is 0 Å². The maximum Gasteiger partial charge on any atom is 0.224 e. The lowest BCUT2D eigenvalue weighted by atomic mass is 10.1. The highest BCUT2D eigenvalue weighted by atomic mass is 35.5. The molecule has 3 nitrogen and oxygen atoms in total. The number of aryl methyl sites for hydroxylation is 1. The predicted octanol–water partition coefficient (Wildman–Crippen LogP) is 4.27. The van der Waals surface area contributed by atoms with Crippen molar-refractivity contribution in [2.24, 2.45) is 0 Å². The van der Waals surface area contributed by atoms with E-state index in [0.717, 1.165) is 22.0 Å². The van der Waals surface area contributed by atoms with Crippen molar-refractivity contribution in [3.05, 3.63) is 53.1 Å². The van der Waals surface area contributed by atoms with Crippen molar-refractivity contribution in [1.82, 2.24) is 9.97 Å². The van der Waals surface area contributed by atoms with Crippen molar-refractivity contribution in [3.63, 3.8) is 0 Å². The quantitative estimate of drug-likeness (QED) is 0.705. The molecule has 100 valence electrons. The minimum absolute atomic E-state index is 0.538. The lowest BCUT2D eigenvalue weighted by Crippen LogP contribution is -1.97. The number of nitrogens with zero attached hydrogens (tertiary/aromatic N) is 2. The highest BCUT2D eigenvalue weighted by Gasteiger charge is 2.13. The number of aromatic nitrogens is 2. The first-order valence-corrected chi connectivity index (χ1v) is 6.65. The minimum atomic E-state index is 0.538. The van der Waals surface area contributed by atoms with E-state index < -0.39 is 0 Å². The minimum Gasteiger partial charge on any atom is -0.480 e. The summed E-state index contributed by atoms with van der Waals surface area (Å²) in [7, 11) is 1.60. The average Bonchev–Trinajstić information content (AvgIpc) is 2.51. The lowest BCUT2D eigenvalue weighted by Gasteiger charge is -2.09. The number of rotatable bonds is 2. The van der Waals surface area contributed by atoms with Crippen LogP contribution in [0.2, 0.25) is 5.02 Å². The Morgan fingerprint density at radius 1 is 1.00 bits per heavy atom. The first-order chi connectivity index (χ1) is 9.70. The van der Waals surface area contributed by atoms with Gasteiger partial charge in [0.25, 0.3) is 0 Å². The Hall–Kier alpha value is -2.13. The highest BCUT2D eigenvalue weighted by molar-refractivity contribution is 6.36. The molecule has 4 heteroatoms. The Morgan fingerprint density at radius 2 is 1.75 bits per heavy atom. The van der Waals surface area contributed by atoms with Gasteiger partial charge in [-0.15, -0.1) is 0 Å². The Labute approximate surface area is 122 Å². The topological polar surface area (TPSA) is 35.0 Å². The lowest BCUT2D eigenvalue weighted by molar-refractivity contribution is 0.403. The fourth-order valence-corrected chi connectivity index (χ4v) is 2.31. The first-order valence-electron chi connectivity index (χ1n) is 6.27. The summed E-state index contributed by atoms with van der Waals surface area (Å²) >= 11 is 6.37. The Kier molecular flexibility index (Phi) is 3.28. The normalized spacial score (nSPS) is 10.8. The van der Waals surface area contributed by atoms with Crippen LogP contribution in [0.1, 0.15) is 5.56 Å². The zero-order valence-corrected chi connectivity index (χ0v) is 12.0. The van der Waals surface area contributed by atoms with E-state index in [1.807, 2.05) is 49.4 Å². The van der Waals surface area contributed by atoms with Crippen LogP contribution in [0.15, 0.2) is 42.5 Å². The van der Waals surface area contributed by atoms with Gasteiger partial charge in [-0.3, -0.25) is 0 Å². The molecule has 0 radical (unpaired) electrons. The van der Waals surface area contributed by atoms with Crippen molar-refractivity contribution >= 4 is 22.5 Å². The zero-order chi connectivity index (χ0) is 14.1. The van der Waals surface area contributed by atoms with Gasteiger partial charge in [0.15, 0.2) is 5.82 Å². The molecule has 3 rings (SSSR count).